The zero-order chi connectivity index (χ0) is 19.9. The van der Waals surface area contributed by atoms with E-state index in [2.05, 4.69) is 69.5 Å². The number of anilines is 1. The summed E-state index contributed by atoms with van der Waals surface area (Å²) in [6.07, 6.45) is 0. The van der Waals surface area contributed by atoms with Crippen LogP contribution in [0.15, 0.2) is 77.3 Å². The van der Waals surface area contributed by atoms with Crippen molar-refractivity contribution in [3.05, 3.63) is 94.0 Å². The van der Waals surface area contributed by atoms with Crippen LogP contribution < -0.4 is 10.1 Å². The second kappa shape index (κ2) is 9.71. The number of nitrogens with zero attached hydrogens (tertiary/aromatic N) is 1. The molecule has 0 radical (unpaired) electrons. The monoisotopic (exact) mass is 454 g/mol. The molecule has 3 aromatic rings. The highest BCUT2D eigenvalue weighted by molar-refractivity contribution is 9.10. The lowest BCUT2D eigenvalue weighted by Crippen LogP contribution is -2.34. The third kappa shape index (κ3) is 5.57. The van der Waals surface area contributed by atoms with Gasteiger partial charge < -0.3 is 15.0 Å². The maximum atomic E-state index is 5.76. The average Bonchev–Trinajstić information content (AvgIpc) is 2.71. The molecule has 0 spiro atoms. The van der Waals surface area contributed by atoms with Gasteiger partial charge in [0.15, 0.2) is 5.11 Å². The largest absolute Gasteiger partial charge is 0.497 e. The Bertz CT molecular complexity index is 926. The Kier molecular flexibility index (Phi) is 7.06. The molecular weight excluding hydrogens is 432 g/mol. The molecule has 0 heterocycles. The summed E-state index contributed by atoms with van der Waals surface area (Å²) in [5.41, 5.74) is 4.66. The van der Waals surface area contributed by atoms with E-state index in [1.54, 1.807) is 7.11 Å². The summed E-state index contributed by atoms with van der Waals surface area (Å²) >= 11 is 9.23. The molecule has 3 nitrogen and oxygen atoms in total. The molecular formula is C23H23BrN2OS. The fraction of sp³-hybridized carbons (Fsp3) is 0.174. The molecule has 0 unspecified atom stereocenters. The van der Waals surface area contributed by atoms with Gasteiger partial charge in [0.25, 0.3) is 0 Å². The Hall–Kier alpha value is -2.37. The highest BCUT2D eigenvalue weighted by atomic mass is 79.9. The number of halogens is 1. The van der Waals surface area contributed by atoms with Gasteiger partial charge in [-0.2, -0.15) is 0 Å². The Morgan fingerprint density at radius 3 is 2.29 bits per heavy atom. The van der Waals surface area contributed by atoms with Crippen LogP contribution in [-0.4, -0.2) is 17.1 Å². The van der Waals surface area contributed by atoms with Gasteiger partial charge in [0.2, 0.25) is 0 Å². The molecule has 0 aliphatic rings. The first-order chi connectivity index (χ1) is 13.5. The predicted octanol–water partition coefficient (Wildman–Crippen LogP) is 6.17. The van der Waals surface area contributed by atoms with Gasteiger partial charge >= 0.3 is 0 Å². The summed E-state index contributed by atoms with van der Waals surface area (Å²) in [5, 5.41) is 4.06. The lowest BCUT2D eigenvalue weighted by atomic mass is 10.1. The van der Waals surface area contributed by atoms with Gasteiger partial charge in [-0.25, -0.2) is 0 Å². The van der Waals surface area contributed by atoms with E-state index in [1.807, 2.05) is 36.4 Å². The summed E-state index contributed by atoms with van der Waals surface area (Å²) < 4.78 is 6.31. The standard InChI is InChI=1S/C23H23BrN2OS/c1-17-5-3-4-6-19(17)16-26(15-18-7-13-22(27-2)14-8-18)23(28)25-21-11-9-20(24)10-12-21/h3-14H,15-16H2,1-2H3,(H,25,28). The zero-order valence-electron chi connectivity index (χ0n) is 16.0. The quantitative estimate of drug-likeness (QED) is 0.450. The van der Waals surface area contributed by atoms with Crippen molar-refractivity contribution in [2.24, 2.45) is 0 Å². The van der Waals surface area contributed by atoms with Crippen molar-refractivity contribution in [1.29, 1.82) is 0 Å². The maximum Gasteiger partial charge on any atom is 0.174 e. The van der Waals surface area contributed by atoms with E-state index in [0.717, 1.165) is 22.5 Å². The predicted molar refractivity (Wildman–Crippen MR) is 124 cm³/mol. The minimum absolute atomic E-state index is 0.696. The van der Waals surface area contributed by atoms with Crippen molar-refractivity contribution in [2.45, 2.75) is 20.0 Å². The van der Waals surface area contributed by atoms with Crippen LogP contribution in [0.1, 0.15) is 16.7 Å². The minimum atomic E-state index is 0.696. The first kappa shape index (κ1) is 20.4. The highest BCUT2D eigenvalue weighted by Gasteiger charge is 2.13. The third-order valence-electron chi connectivity index (χ3n) is 4.54. The van der Waals surface area contributed by atoms with Crippen LogP contribution in [-0.2, 0) is 13.1 Å². The molecule has 0 saturated heterocycles. The van der Waals surface area contributed by atoms with Crippen molar-refractivity contribution in [3.63, 3.8) is 0 Å². The van der Waals surface area contributed by atoms with E-state index in [-0.39, 0.29) is 0 Å². The minimum Gasteiger partial charge on any atom is -0.497 e. The molecule has 0 bridgehead atoms. The summed E-state index contributed by atoms with van der Waals surface area (Å²) in [7, 11) is 1.68. The maximum absolute atomic E-state index is 5.76. The van der Waals surface area contributed by atoms with Gasteiger partial charge in [-0.05, 0) is 72.2 Å². The number of benzene rings is 3. The molecule has 1 N–H and O–H groups in total. The smallest absolute Gasteiger partial charge is 0.174 e. The number of aryl methyl sites for hydroxylation is 1. The van der Waals surface area contributed by atoms with Crippen LogP contribution in [0.5, 0.6) is 5.75 Å². The van der Waals surface area contributed by atoms with Gasteiger partial charge in [-0.15, -0.1) is 0 Å². The zero-order valence-corrected chi connectivity index (χ0v) is 18.4. The van der Waals surface area contributed by atoms with Crippen LogP contribution >= 0.6 is 28.1 Å². The van der Waals surface area contributed by atoms with Crippen molar-refractivity contribution >= 4 is 38.9 Å². The second-order valence-corrected chi connectivity index (χ2v) is 7.87. The van der Waals surface area contributed by atoms with E-state index >= 15 is 0 Å². The molecule has 0 saturated carbocycles. The molecule has 0 aliphatic heterocycles. The fourth-order valence-electron chi connectivity index (χ4n) is 2.88. The molecule has 3 rings (SSSR count). The average molecular weight is 455 g/mol. The number of nitrogens with one attached hydrogen (secondary N) is 1. The number of hydrogen-bond acceptors (Lipinski definition) is 2. The summed E-state index contributed by atoms with van der Waals surface area (Å²) in [6.45, 7) is 3.58. The molecule has 0 atom stereocenters. The van der Waals surface area contributed by atoms with Crippen molar-refractivity contribution in [1.82, 2.24) is 4.90 Å². The van der Waals surface area contributed by atoms with Gasteiger partial charge in [0, 0.05) is 23.2 Å². The topological polar surface area (TPSA) is 24.5 Å². The van der Waals surface area contributed by atoms with Crippen molar-refractivity contribution in [2.75, 3.05) is 12.4 Å². The van der Waals surface area contributed by atoms with Crippen molar-refractivity contribution < 1.29 is 4.74 Å². The van der Waals surface area contributed by atoms with Crippen molar-refractivity contribution in [3.8, 4) is 5.75 Å². The van der Waals surface area contributed by atoms with E-state index in [4.69, 9.17) is 17.0 Å². The van der Waals surface area contributed by atoms with E-state index < -0.39 is 0 Å². The highest BCUT2D eigenvalue weighted by Crippen LogP contribution is 2.19. The van der Waals surface area contributed by atoms with Crippen LogP contribution in [0.4, 0.5) is 5.69 Å². The third-order valence-corrected chi connectivity index (χ3v) is 5.43. The number of hydrogen-bond donors (Lipinski definition) is 1. The van der Waals surface area contributed by atoms with E-state index in [9.17, 15) is 0 Å². The molecule has 0 fully saturated rings. The molecule has 28 heavy (non-hydrogen) atoms. The Labute approximate surface area is 180 Å². The number of rotatable bonds is 6. The number of methoxy groups -OCH3 is 1. The molecule has 0 amide bonds. The van der Waals surface area contributed by atoms with Gasteiger partial charge in [-0.3, -0.25) is 0 Å². The van der Waals surface area contributed by atoms with Crippen LogP contribution in [0.2, 0.25) is 0 Å². The molecule has 0 aromatic heterocycles. The Morgan fingerprint density at radius 1 is 0.964 bits per heavy atom. The summed E-state index contributed by atoms with van der Waals surface area (Å²) in [4.78, 5) is 2.18. The number of thiocarbonyl (C=S) groups is 1. The van der Waals surface area contributed by atoms with Gasteiger partial charge in [-0.1, -0.05) is 52.3 Å². The second-order valence-electron chi connectivity index (χ2n) is 6.57. The lowest BCUT2D eigenvalue weighted by Gasteiger charge is -2.27. The Balaban J connectivity index is 1.80. The summed E-state index contributed by atoms with van der Waals surface area (Å²) in [5.74, 6) is 0.852. The van der Waals surface area contributed by atoms with Crippen LogP contribution in [0.25, 0.3) is 0 Å². The molecule has 0 aliphatic carbocycles. The Morgan fingerprint density at radius 2 is 1.64 bits per heavy atom. The van der Waals surface area contributed by atoms with Crippen LogP contribution in [0.3, 0.4) is 0 Å². The SMILES string of the molecule is COc1ccc(CN(Cc2ccccc2C)C(=S)Nc2ccc(Br)cc2)cc1. The molecule has 144 valence electrons. The fourth-order valence-corrected chi connectivity index (χ4v) is 3.39. The number of ether oxygens (including phenoxy) is 1. The first-order valence-corrected chi connectivity index (χ1v) is 10.2. The van der Waals surface area contributed by atoms with Crippen LogP contribution in [0, 0.1) is 6.92 Å². The van der Waals surface area contributed by atoms with Gasteiger partial charge in [0.1, 0.15) is 5.75 Å². The molecule has 3 aromatic carbocycles. The van der Waals surface area contributed by atoms with E-state index in [1.165, 1.54) is 16.7 Å². The summed E-state index contributed by atoms with van der Waals surface area (Å²) in [6, 6.07) is 24.5. The first-order valence-electron chi connectivity index (χ1n) is 9.04. The lowest BCUT2D eigenvalue weighted by molar-refractivity contribution is 0.406. The van der Waals surface area contributed by atoms with E-state index in [0.29, 0.717) is 11.7 Å². The molecule has 5 heteroatoms. The normalized spacial score (nSPS) is 10.4. The van der Waals surface area contributed by atoms with Gasteiger partial charge in [0.05, 0.1) is 7.11 Å².